The van der Waals surface area contributed by atoms with Crippen molar-refractivity contribution in [1.29, 1.82) is 0 Å². The van der Waals surface area contributed by atoms with Crippen molar-refractivity contribution in [2.45, 2.75) is 32.7 Å². The number of benzene rings is 1. The summed E-state index contributed by atoms with van der Waals surface area (Å²) in [5, 5.41) is 0. The molecule has 0 unspecified atom stereocenters. The van der Waals surface area contributed by atoms with E-state index < -0.39 is 5.41 Å². The van der Waals surface area contributed by atoms with Crippen LogP contribution in [-0.4, -0.2) is 57.8 Å². The predicted octanol–water partition coefficient (Wildman–Crippen LogP) is 3.62. The van der Waals surface area contributed by atoms with E-state index in [-0.39, 0.29) is 5.91 Å². The first-order valence-electron chi connectivity index (χ1n) is 11.2. The second-order valence-electron chi connectivity index (χ2n) is 8.92. The minimum absolute atomic E-state index is 0.203. The molecule has 0 spiro atoms. The van der Waals surface area contributed by atoms with Gasteiger partial charge in [0.25, 0.3) is 0 Å². The van der Waals surface area contributed by atoms with E-state index in [0.717, 1.165) is 61.4 Å². The van der Waals surface area contributed by atoms with Crippen molar-refractivity contribution >= 4 is 5.91 Å². The molecule has 1 aliphatic heterocycles. The summed E-state index contributed by atoms with van der Waals surface area (Å²) < 4.78 is 0. The van der Waals surface area contributed by atoms with Crippen LogP contribution in [0.15, 0.2) is 61.2 Å². The van der Waals surface area contributed by atoms with Gasteiger partial charge < -0.3 is 4.90 Å². The summed E-state index contributed by atoms with van der Waals surface area (Å²) in [6.07, 6.45) is 9.90. The van der Waals surface area contributed by atoms with Crippen molar-refractivity contribution in [3.05, 3.63) is 78.1 Å². The summed E-state index contributed by atoms with van der Waals surface area (Å²) in [6.45, 7) is 4.46. The van der Waals surface area contributed by atoms with E-state index in [4.69, 9.17) is 0 Å². The molecular weight excluding hydrogens is 398 g/mol. The van der Waals surface area contributed by atoms with Gasteiger partial charge >= 0.3 is 0 Å². The molecule has 6 nitrogen and oxygen atoms in total. The van der Waals surface area contributed by atoms with Crippen LogP contribution in [-0.2, 0) is 24.2 Å². The first kappa shape index (κ1) is 22.1. The van der Waals surface area contributed by atoms with Gasteiger partial charge in [-0.05, 0) is 42.1 Å². The fourth-order valence-corrected chi connectivity index (χ4v) is 4.61. The van der Waals surface area contributed by atoms with Crippen molar-refractivity contribution in [2.24, 2.45) is 5.41 Å². The Kier molecular flexibility index (Phi) is 6.61. The zero-order valence-corrected chi connectivity index (χ0v) is 19.2. The molecule has 3 aromatic rings. The molecule has 1 aliphatic rings. The third kappa shape index (κ3) is 4.86. The maximum absolute atomic E-state index is 13.3. The Morgan fingerprint density at radius 2 is 1.78 bits per heavy atom. The average molecular weight is 430 g/mol. The van der Waals surface area contributed by atoms with Crippen molar-refractivity contribution in [3.8, 4) is 11.1 Å². The summed E-state index contributed by atoms with van der Waals surface area (Å²) in [4.78, 5) is 30.5. The van der Waals surface area contributed by atoms with Crippen LogP contribution in [0.5, 0.6) is 0 Å². The smallest absolute Gasteiger partial charge is 0.229 e. The lowest BCUT2D eigenvalue weighted by molar-refractivity contribution is -0.138. The van der Waals surface area contributed by atoms with Gasteiger partial charge in [-0.3, -0.25) is 14.7 Å². The zero-order valence-electron chi connectivity index (χ0n) is 19.2. The van der Waals surface area contributed by atoms with Crippen LogP contribution in [0, 0.1) is 5.41 Å². The van der Waals surface area contributed by atoms with Gasteiger partial charge in [0.1, 0.15) is 5.82 Å². The van der Waals surface area contributed by atoms with E-state index in [1.807, 2.05) is 38.8 Å². The first-order chi connectivity index (χ1) is 15.5. The molecule has 0 aliphatic carbocycles. The Hall–Kier alpha value is -3.12. The molecule has 1 amide bonds. The highest BCUT2D eigenvalue weighted by Gasteiger charge is 2.45. The number of pyridine rings is 1. The lowest BCUT2D eigenvalue weighted by Gasteiger charge is -2.31. The number of hydrogen-bond acceptors (Lipinski definition) is 5. The summed E-state index contributed by atoms with van der Waals surface area (Å²) in [5.74, 6) is 1.07. The number of rotatable bonds is 7. The Morgan fingerprint density at radius 1 is 1.03 bits per heavy atom. The quantitative estimate of drug-likeness (QED) is 0.574. The van der Waals surface area contributed by atoms with E-state index >= 15 is 0 Å². The van der Waals surface area contributed by atoms with Gasteiger partial charge in [-0.2, -0.15) is 0 Å². The fraction of sp³-hybridized carbons (Fsp3) is 0.385. The minimum atomic E-state index is -0.413. The van der Waals surface area contributed by atoms with Crippen LogP contribution in [0.2, 0.25) is 0 Å². The van der Waals surface area contributed by atoms with Crippen LogP contribution in [0.25, 0.3) is 11.1 Å². The van der Waals surface area contributed by atoms with Gasteiger partial charge in [0.15, 0.2) is 0 Å². The molecule has 4 rings (SSSR count). The number of hydrogen-bond donors (Lipinski definition) is 0. The highest BCUT2D eigenvalue weighted by molar-refractivity contribution is 5.83. The standard InChI is InChI=1S/C26H31N5O/c1-4-24-28-15-21(16-29-24)18-31-13-11-26(19-31,25(32)30(2)3)14-20-7-9-22(10-8-20)23-6-5-12-27-17-23/h5-10,12,15-17H,4,11,13-14,18-19H2,1-3H3/t26-/m1/s1. The van der Waals surface area contributed by atoms with Crippen LogP contribution in [0.4, 0.5) is 0 Å². The molecule has 32 heavy (non-hydrogen) atoms. The second-order valence-corrected chi connectivity index (χ2v) is 8.92. The van der Waals surface area contributed by atoms with E-state index in [1.54, 1.807) is 11.1 Å². The SMILES string of the molecule is CCc1ncc(CN2CC[C@](Cc3ccc(-c4cccnc4)cc3)(C(=O)N(C)C)C2)cn1. The monoisotopic (exact) mass is 429 g/mol. The molecule has 0 saturated carbocycles. The van der Waals surface area contributed by atoms with E-state index in [2.05, 4.69) is 57.1 Å². The third-order valence-electron chi connectivity index (χ3n) is 6.27. The topological polar surface area (TPSA) is 62.2 Å². The number of carbonyl (C=O) groups is 1. The van der Waals surface area contributed by atoms with Crippen molar-refractivity contribution in [1.82, 2.24) is 24.8 Å². The molecule has 1 fully saturated rings. The lowest BCUT2D eigenvalue weighted by Crippen LogP contribution is -2.43. The Morgan fingerprint density at radius 3 is 2.41 bits per heavy atom. The van der Waals surface area contributed by atoms with Crippen molar-refractivity contribution < 1.29 is 4.79 Å². The average Bonchev–Trinajstić information content (AvgIpc) is 3.23. The molecule has 0 radical (unpaired) electrons. The molecule has 0 N–H and O–H groups in total. The van der Waals surface area contributed by atoms with Gasteiger partial charge in [-0.15, -0.1) is 0 Å². The number of aromatic nitrogens is 3. The Labute approximate surface area is 190 Å². The molecule has 2 aromatic heterocycles. The van der Waals surface area contributed by atoms with Gasteiger partial charge in [-0.25, -0.2) is 9.97 Å². The molecule has 1 saturated heterocycles. The zero-order chi connectivity index (χ0) is 22.6. The summed E-state index contributed by atoms with van der Waals surface area (Å²) in [6, 6.07) is 12.5. The molecule has 1 atom stereocenters. The fourth-order valence-electron chi connectivity index (χ4n) is 4.61. The Balaban J connectivity index is 1.50. The highest BCUT2D eigenvalue weighted by Crippen LogP contribution is 2.37. The van der Waals surface area contributed by atoms with E-state index in [1.165, 1.54) is 5.56 Å². The van der Waals surface area contributed by atoms with Gasteiger partial charge in [0, 0.05) is 64.0 Å². The van der Waals surface area contributed by atoms with Gasteiger partial charge in [-0.1, -0.05) is 37.3 Å². The predicted molar refractivity (Wildman–Crippen MR) is 126 cm³/mol. The molecule has 3 heterocycles. The van der Waals surface area contributed by atoms with Crippen molar-refractivity contribution in [2.75, 3.05) is 27.2 Å². The normalized spacial score (nSPS) is 18.6. The van der Waals surface area contributed by atoms with Crippen LogP contribution in [0.1, 0.15) is 30.3 Å². The highest BCUT2D eigenvalue weighted by atomic mass is 16.2. The van der Waals surface area contributed by atoms with Crippen LogP contribution >= 0.6 is 0 Å². The van der Waals surface area contributed by atoms with Gasteiger partial charge in [0.2, 0.25) is 5.91 Å². The molecular formula is C26H31N5O. The maximum atomic E-state index is 13.3. The van der Waals surface area contributed by atoms with E-state index in [0.29, 0.717) is 0 Å². The van der Waals surface area contributed by atoms with Crippen molar-refractivity contribution in [3.63, 3.8) is 0 Å². The van der Waals surface area contributed by atoms with Gasteiger partial charge in [0.05, 0.1) is 5.41 Å². The number of carbonyl (C=O) groups excluding carboxylic acids is 1. The maximum Gasteiger partial charge on any atom is 0.229 e. The minimum Gasteiger partial charge on any atom is -0.348 e. The molecule has 6 heteroatoms. The number of nitrogens with zero attached hydrogens (tertiary/aromatic N) is 5. The molecule has 1 aromatic carbocycles. The summed E-state index contributed by atoms with van der Waals surface area (Å²) >= 11 is 0. The number of likely N-dealkylation sites (tertiary alicyclic amines) is 1. The number of aryl methyl sites for hydroxylation is 1. The summed E-state index contributed by atoms with van der Waals surface area (Å²) in [5.41, 5.74) is 4.10. The largest absolute Gasteiger partial charge is 0.348 e. The number of amides is 1. The van der Waals surface area contributed by atoms with Crippen LogP contribution in [0.3, 0.4) is 0 Å². The second kappa shape index (κ2) is 9.57. The van der Waals surface area contributed by atoms with Crippen LogP contribution < -0.4 is 0 Å². The summed E-state index contributed by atoms with van der Waals surface area (Å²) in [7, 11) is 3.71. The molecule has 0 bridgehead atoms. The first-order valence-corrected chi connectivity index (χ1v) is 11.2. The third-order valence-corrected chi connectivity index (χ3v) is 6.27. The van der Waals surface area contributed by atoms with E-state index in [9.17, 15) is 4.79 Å². The lowest BCUT2D eigenvalue weighted by atomic mass is 9.79. The molecule has 166 valence electrons. The Bertz CT molecular complexity index is 1030.